The maximum absolute atomic E-state index is 11.8. The lowest BCUT2D eigenvalue weighted by atomic mass is 10.3. The summed E-state index contributed by atoms with van der Waals surface area (Å²) in [6.45, 7) is 7.00. The van der Waals surface area contributed by atoms with E-state index in [0.29, 0.717) is 11.6 Å². The largest absolute Gasteiger partial charge is 0.302 e. The van der Waals surface area contributed by atoms with Crippen LogP contribution < -0.4 is 5.32 Å². The maximum Gasteiger partial charge on any atom is 0.226 e. The number of amides is 1. The van der Waals surface area contributed by atoms with Gasteiger partial charge in [-0.05, 0) is 18.6 Å². The summed E-state index contributed by atoms with van der Waals surface area (Å²) in [7, 11) is -1.04. The molecule has 0 spiro atoms. The minimum Gasteiger partial charge on any atom is -0.302 e. The van der Waals surface area contributed by atoms with Crippen molar-refractivity contribution in [2.75, 3.05) is 5.32 Å². The van der Waals surface area contributed by atoms with Crippen LogP contribution in [0.15, 0.2) is 24.3 Å². The van der Waals surface area contributed by atoms with Crippen molar-refractivity contribution >= 4 is 40.7 Å². The highest BCUT2D eigenvalue weighted by molar-refractivity contribution is 7.22. The van der Waals surface area contributed by atoms with Crippen LogP contribution in [0, 0.1) is 0 Å². The summed E-state index contributed by atoms with van der Waals surface area (Å²) in [6.07, 6.45) is 1.58. The Morgan fingerprint density at radius 2 is 2.05 bits per heavy atom. The third-order valence-corrected chi connectivity index (χ3v) is 5.68. The molecule has 0 aliphatic heterocycles. The van der Waals surface area contributed by atoms with E-state index in [1.807, 2.05) is 24.3 Å². The van der Waals surface area contributed by atoms with E-state index in [-0.39, 0.29) is 5.91 Å². The van der Waals surface area contributed by atoms with Gasteiger partial charge in [0.2, 0.25) is 5.91 Å². The quantitative estimate of drug-likeness (QED) is 0.832. The monoisotopic (exact) mass is 292 g/mol. The molecule has 1 amide bonds. The molecule has 0 aliphatic carbocycles. The predicted octanol–water partition coefficient (Wildman–Crippen LogP) is 4.35. The molecule has 0 aliphatic rings. The molecule has 2 aromatic rings. The van der Waals surface area contributed by atoms with Crippen LogP contribution in [0.25, 0.3) is 10.2 Å². The lowest BCUT2D eigenvalue weighted by Crippen LogP contribution is -2.20. The Kier molecular flexibility index (Phi) is 4.37. The van der Waals surface area contributed by atoms with Crippen LogP contribution in [0.2, 0.25) is 25.7 Å². The van der Waals surface area contributed by atoms with Gasteiger partial charge < -0.3 is 5.32 Å². The highest BCUT2D eigenvalue weighted by Gasteiger charge is 2.14. The summed E-state index contributed by atoms with van der Waals surface area (Å²) >= 11 is 1.53. The number of benzene rings is 1. The fourth-order valence-corrected chi connectivity index (χ4v) is 4.01. The Balaban J connectivity index is 1.88. The molecule has 0 radical (unpaired) electrons. The average Bonchev–Trinajstić information content (AvgIpc) is 2.68. The number of nitrogens with one attached hydrogen (secondary N) is 1. The molecule has 0 saturated heterocycles. The Morgan fingerprint density at radius 1 is 1.32 bits per heavy atom. The lowest BCUT2D eigenvalue weighted by molar-refractivity contribution is -0.116. The highest BCUT2D eigenvalue weighted by Crippen LogP contribution is 2.25. The van der Waals surface area contributed by atoms with Gasteiger partial charge in [0.1, 0.15) is 0 Å². The second kappa shape index (κ2) is 5.84. The average molecular weight is 292 g/mol. The molecule has 0 unspecified atom stereocenters. The Morgan fingerprint density at radius 3 is 2.74 bits per heavy atom. The summed E-state index contributed by atoms with van der Waals surface area (Å²) in [4.78, 5) is 16.3. The minimum absolute atomic E-state index is 0.0808. The summed E-state index contributed by atoms with van der Waals surface area (Å²) in [6, 6.07) is 9.13. The van der Waals surface area contributed by atoms with Crippen molar-refractivity contribution in [1.82, 2.24) is 4.98 Å². The number of rotatable bonds is 5. The molecule has 5 heteroatoms. The molecule has 1 N–H and O–H groups in total. The van der Waals surface area contributed by atoms with Crippen LogP contribution in [0.3, 0.4) is 0 Å². The smallest absolute Gasteiger partial charge is 0.226 e. The van der Waals surface area contributed by atoms with Gasteiger partial charge >= 0.3 is 0 Å². The number of anilines is 1. The van der Waals surface area contributed by atoms with Crippen molar-refractivity contribution in [2.24, 2.45) is 0 Å². The standard InChI is InChI=1S/C14H20N2OSSi/c1-19(2,3)10-6-9-13(17)16-14-15-11-7-4-5-8-12(11)18-14/h4-5,7-8H,6,9-10H2,1-3H3,(H,15,16,17). The van der Waals surface area contributed by atoms with E-state index in [1.54, 1.807) is 0 Å². The molecule has 3 nitrogen and oxygen atoms in total. The molecule has 2 rings (SSSR count). The molecular weight excluding hydrogens is 272 g/mol. The van der Waals surface area contributed by atoms with Crippen LogP contribution in [-0.2, 0) is 4.79 Å². The molecule has 0 atom stereocenters. The van der Waals surface area contributed by atoms with Gasteiger partial charge in [-0.25, -0.2) is 4.98 Å². The number of carbonyl (C=O) groups excluding carboxylic acids is 1. The highest BCUT2D eigenvalue weighted by atomic mass is 32.1. The molecule has 1 heterocycles. The van der Waals surface area contributed by atoms with Gasteiger partial charge in [0.15, 0.2) is 5.13 Å². The van der Waals surface area contributed by atoms with Crippen molar-refractivity contribution in [3.05, 3.63) is 24.3 Å². The van der Waals surface area contributed by atoms with Crippen molar-refractivity contribution in [1.29, 1.82) is 0 Å². The van der Waals surface area contributed by atoms with Crippen LogP contribution in [0.1, 0.15) is 12.8 Å². The van der Waals surface area contributed by atoms with Gasteiger partial charge in [-0.15, -0.1) is 0 Å². The first-order chi connectivity index (χ1) is 8.94. The van der Waals surface area contributed by atoms with E-state index in [9.17, 15) is 4.79 Å². The summed E-state index contributed by atoms with van der Waals surface area (Å²) < 4.78 is 1.11. The van der Waals surface area contributed by atoms with Gasteiger partial charge in [0.25, 0.3) is 0 Å². The molecule has 0 fully saturated rings. The molecular formula is C14H20N2OSSi. The molecule has 102 valence electrons. The first-order valence-corrected chi connectivity index (χ1v) is 11.1. The van der Waals surface area contributed by atoms with Gasteiger partial charge in [-0.3, -0.25) is 4.79 Å². The van der Waals surface area contributed by atoms with Crippen LogP contribution in [-0.4, -0.2) is 19.0 Å². The summed E-state index contributed by atoms with van der Waals surface area (Å²) in [5.74, 6) is 0.0808. The van der Waals surface area contributed by atoms with Crippen molar-refractivity contribution in [3.63, 3.8) is 0 Å². The second-order valence-corrected chi connectivity index (χ2v) is 12.6. The molecule has 19 heavy (non-hydrogen) atoms. The number of carbonyl (C=O) groups is 1. The number of aromatic nitrogens is 1. The van der Waals surface area contributed by atoms with E-state index in [4.69, 9.17) is 0 Å². The van der Waals surface area contributed by atoms with E-state index in [2.05, 4.69) is 29.9 Å². The molecule has 1 aromatic carbocycles. The van der Waals surface area contributed by atoms with Crippen molar-refractivity contribution in [3.8, 4) is 0 Å². The van der Waals surface area contributed by atoms with E-state index in [0.717, 1.165) is 16.6 Å². The zero-order valence-corrected chi connectivity index (χ0v) is 13.5. The second-order valence-electron chi connectivity index (χ2n) is 5.95. The zero-order valence-electron chi connectivity index (χ0n) is 11.7. The van der Waals surface area contributed by atoms with E-state index in [1.165, 1.54) is 17.4 Å². The Labute approximate surface area is 119 Å². The topological polar surface area (TPSA) is 42.0 Å². The maximum atomic E-state index is 11.8. The SMILES string of the molecule is C[Si](C)(C)CCCC(=O)Nc1nc2ccccc2s1. The fraction of sp³-hybridized carbons (Fsp3) is 0.429. The lowest BCUT2D eigenvalue weighted by Gasteiger charge is -2.14. The number of nitrogens with zero attached hydrogens (tertiary/aromatic N) is 1. The fourth-order valence-electron chi connectivity index (χ4n) is 1.89. The Hall–Kier alpha value is -1.20. The van der Waals surface area contributed by atoms with Gasteiger partial charge in [-0.1, -0.05) is 49.2 Å². The predicted molar refractivity (Wildman–Crippen MR) is 85.6 cm³/mol. The number of fused-ring (bicyclic) bond motifs is 1. The molecule has 1 aromatic heterocycles. The first kappa shape index (κ1) is 14.2. The molecule has 0 saturated carbocycles. The number of hydrogen-bond acceptors (Lipinski definition) is 3. The first-order valence-electron chi connectivity index (χ1n) is 6.59. The summed E-state index contributed by atoms with van der Waals surface area (Å²) in [5.41, 5.74) is 0.949. The van der Waals surface area contributed by atoms with Gasteiger partial charge in [0, 0.05) is 14.5 Å². The molecule has 0 bridgehead atoms. The number of hydrogen-bond donors (Lipinski definition) is 1. The van der Waals surface area contributed by atoms with Crippen LogP contribution >= 0.6 is 11.3 Å². The number of thiazole rings is 1. The van der Waals surface area contributed by atoms with Crippen molar-refractivity contribution < 1.29 is 4.79 Å². The number of para-hydroxylation sites is 1. The van der Waals surface area contributed by atoms with Gasteiger partial charge in [0.05, 0.1) is 10.2 Å². The van der Waals surface area contributed by atoms with Gasteiger partial charge in [-0.2, -0.15) is 0 Å². The third-order valence-electron chi connectivity index (χ3n) is 2.87. The van der Waals surface area contributed by atoms with Crippen LogP contribution in [0.4, 0.5) is 5.13 Å². The Bertz CT molecular complexity index is 541. The zero-order chi connectivity index (χ0) is 13.9. The van der Waals surface area contributed by atoms with Crippen LogP contribution in [0.5, 0.6) is 0 Å². The van der Waals surface area contributed by atoms with E-state index >= 15 is 0 Å². The third kappa shape index (κ3) is 4.43. The van der Waals surface area contributed by atoms with Crippen molar-refractivity contribution in [2.45, 2.75) is 38.5 Å². The minimum atomic E-state index is -1.04. The van der Waals surface area contributed by atoms with E-state index < -0.39 is 8.07 Å². The normalized spacial score (nSPS) is 11.7. The summed E-state index contributed by atoms with van der Waals surface area (Å²) in [5, 5.41) is 3.61.